The Balaban J connectivity index is 1.40. The summed E-state index contributed by atoms with van der Waals surface area (Å²) in [6.07, 6.45) is 1.99. The van der Waals surface area contributed by atoms with Crippen LogP contribution < -0.4 is 16.4 Å². The van der Waals surface area contributed by atoms with Crippen LogP contribution in [0.25, 0.3) is 11.3 Å². The minimum absolute atomic E-state index is 0.214. The lowest BCUT2D eigenvalue weighted by Crippen LogP contribution is -2.30. The fraction of sp³-hybridized carbons (Fsp3) is 0.158. The Hall–Kier alpha value is -3.68. The minimum atomic E-state index is -0.324. The number of pyridine rings is 1. The first kappa shape index (κ1) is 18.1. The van der Waals surface area contributed by atoms with Crippen LogP contribution >= 0.6 is 0 Å². The number of carbonyl (C=O) groups is 2. The lowest BCUT2D eigenvalue weighted by atomic mass is 10.1. The van der Waals surface area contributed by atoms with Gasteiger partial charge in [-0.25, -0.2) is 4.98 Å². The molecular weight excluding hydrogens is 346 g/mol. The van der Waals surface area contributed by atoms with Gasteiger partial charge in [0.15, 0.2) is 11.5 Å². The standard InChI is InChI=1S/C19H19N5O3/c20-17-8-7-14(12-23-17)18(25)21-9-4-10-22-19(26)15-11-16(27-24-15)13-5-2-1-3-6-13/h1-3,5-8,11-12H,4,9-10H2,(H2,20,23)(H,21,25)(H,22,26). The third kappa shape index (κ3) is 4.91. The van der Waals surface area contributed by atoms with E-state index >= 15 is 0 Å². The van der Waals surface area contributed by atoms with E-state index in [-0.39, 0.29) is 17.5 Å². The number of carbonyl (C=O) groups excluding carboxylic acids is 2. The van der Waals surface area contributed by atoms with Gasteiger partial charge >= 0.3 is 0 Å². The molecular formula is C19H19N5O3. The van der Waals surface area contributed by atoms with Crippen LogP contribution in [0.1, 0.15) is 27.3 Å². The van der Waals surface area contributed by atoms with Gasteiger partial charge in [-0.1, -0.05) is 35.5 Å². The topological polar surface area (TPSA) is 123 Å². The molecule has 2 heterocycles. The van der Waals surface area contributed by atoms with Crippen LogP contribution in [0, 0.1) is 0 Å². The number of amides is 2. The third-order valence-corrected chi connectivity index (χ3v) is 3.77. The Morgan fingerprint density at radius 2 is 1.74 bits per heavy atom. The number of anilines is 1. The van der Waals surface area contributed by atoms with E-state index in [2.05, 4.69) is 20.8 Å². The van der Waals surface area contributed by atoms with Crippen molar-refractivity contribution >= 4 is 17.6 Å². The highest BCUT2D eigenvalue weighted by Crippen LogP contribution is 2.19. The molecule has 0 fully saturated rings. The van der Waals surface area contributed by atoms with Crippen LogP contribution in [0.2, 0.25) is 0 Å². The Morgan fingerprint density at radius 1 is 1.00 bits per heavy atom. The zero-order valence-corrected chi connectivity index (χ0v) is 14.5. The van der Waals surface area contributed by atoms with Gasteiger partial charge in [0.25, 0.3) is 11.8 Å². The molecule has 0 radical (unpaired) electrons. The normalized spacial score (nSPS) is 10.4. The van der Waals surface area contributed by atoms with Gasteiger partial charge in [0, 0.05) is 30.9 Å². The molecule has 3 aromatic rings. The second-order valence-electron chi connectivity index (χ2n) is 5.78. The summed E-state index contributed by atoms with van der Waals surface area (Å²) in [5.74, 6) is 0.329. The molecule has 4 N–H and O–H groups in total. The van der Waals surface area contributed by atoms with E-state index in [1.165, 1.54) is 6.20 Å². The number of hydrogen-bond donors (Lipinski definition) is 3. The molecule has 0 aliphatic carbocycles. The summed E-state index contributed by atoms with van der Waals surface area (Å²) in [5, 5.41) is 9.29. The number of nitrogen functional groups attached to an aromatic ring is 1. The summed E-state index contributed by atoms with van der Waals surface area (Å²) >= 11 is 0. The monoisotopic (exact) mass is 365 g/mol. The quantitative estimate of drug-likeness (QED) is 0.549. The summed E-state index contributed by atoms with van der Waals surface area (Å²) in [4.78, 5) is 27.9. The van der Waals surface area contributed by atoms with Crippen molar-refractivity contribution in [3.8, 4) is 11.3 Å². The molecule has 0 spiro atoms. The van der Waals surface area contributed by atoms with Crippen LogP contribution in [0.5, 0.6) is 0 Å². The largest absolute Gasteiger partial charge is 0.384 e. The third-order valence-electron chi connectivity index (χ3n) is 3.77. The summed E-state index contributed by atoms with van der Waals surface area (Å²) in [5.41, 5.74) is 6.98. The van der Waals surface area contributed by atoms with Crippen molar-refractivity contribution in [2.75, 3.05) is 18.8 Å². The molecule has 2 amide bonds. The Labute approximate surface area is 155 Å². The maximum atomic E-state index is 12.1. The maximum absolute atomic E-state index is 12.1. The van der Waals surface area contributed by atoms with Gasteiger partial charge in [0.05, 0.1) is 5.56 Å². The lowest BCUT2D eigenvalue weighted by Gasteiger charge is -2.06. The summed E-state index contributed by atoms with van der Waals surface area (Å²) in [7, 11) is 0. The van der Waals surface area contributed by atoms with Crippen molar-refractivity contribution in [3.63, 3.8) is 0 Å². The van der Waals surface area contributed by atoms with Crippen LogP contribution in [-0.4, -0.2) is 35.0 Å². The van der Waals surface area contributed by atoms with Gasteiger partial charge in [0.2, 0.25) is 0 Å². The molecule has 8 heteroatoms. The number of nitrogens with two attached hydrogens (primary N) is 1. The van der Waals surface area contributed by atoms with E-state index in [1.54, 1.807) is 18.2 Å². The Kier molecular flexibility index (Phi) is 5.78. The smallest absolute Gasteiger partial charge is 0.273 e. The fourth-order valence-electron chi connectivity index (χ4n) is 2.35. The van der Waals surface area contributed by atoms with Gasteiger partial charge in [-0.2, -0.15) is 0 Å². The fourth-order valence-corrected chi connectivity index (χ4v) is 2.35. The number of benzene rings is 1. The molecule has 27 heavy (non-hydrogen) atoms. The van der Waals surface area contributed by atoms with E-state index in [4.69, 9.17) is 10.3 Å². The van der Waals surface area contributed by atoms with Crippen molar-refractivity contribution in [1.82, 2.24) is 20.8 Å². The molecule has 0 bridgehead atoms. The SMILES string of the molecule is Nc1ccc(C(=O)NCCCNC(=O)c2cc(-c3ccccc3)on2)cn1. The molecule has 0 aliphatic heterocycles. The Bertz CT molecular complexity index is 907. The van der Waals surface area contributed by atoms with Gasteiger partial charge in [0.1, 0.15) is 5.82 Å². The lowest BCUT2D eigenvalue weighted by molar-refractivity contribution is 0.0944. The van der Waals surface area contributed by atoms with Crippen LogP contribution in [0.15, 0.2) is 59.3 Å². The van der Waals surface area contributed by atoms with Crippen molar-refractivity contribution in [3.05, 3.63) is 66.0 Å². The van der Waals surface area contributed by atoms with Crippen molar-refractivity contribution in [2.45, 2.75) is 6.42 Å². The van der Waals surface area contributed by atoms with E-state index < -0.39 is 0 Å². The molecule has 0 atom stereocenters. The number of aromatic nitrogens is 2. The molecule has 0 saturated carbocycles. The van der Waals surface area contributed by atoms with Gasteiger partial charge in [-0.15, -0.1) is 0 Å². The van der Waals surface area contributed by atoms with E-state index in [1.807, 2.05) is 30.3 Å². The molecule has 1 aromatic carbocycles. The summed E-state index contributed by atoms with van der Waals surface area (Å²) in [6.45, 7) is 0.810. The predicted octanol–water partition coefficient (Wildman–Crippen LogP) is 1.87. The van der Waals surface area contributed by atoms with Crippen LogP contribution in [0.4, 0.5) is 5.82 Å². The van der Waals surface area contributed by atoms with Crippen molar-refractivity contribution in [2.24, 2.45) is 0 Å². The van der Waals surface area contributed by atoms with Gasteiger partial charge < -0.3 is 20.9 Å². The minimum Gasteiger partial charge on any atom is -0.384 e. The van der Waals surface area contributed by atoms with E-state index in [0.29, 0.717) is 36.7 Å². The zero-order valence-electron chi connectivity index (χ0n) is 14.5. The Morgan fingerprint density at radius 3 is 2.44 bits per heavy atom. The summed E-state index contributed by atoms with van der Waals surface area (Å²) in [6, 6.07) is 14.2. The van der Waals surface area contributed by atoms with Gasteiger partial charge in [-0.05, 0) is 18.6 Å². The van der Waals surface area contributed by atoms with E-state index in [9.17, 15) is 9.59 Å². The average Bonchev–Trinajstić information content (AvgIpc) is 3.19. The molecule has 138 valence electrons. The second kappa shape index (κ2) is 8.61. The molecule has 0 aliphatic rings. The van der Waals surface area contributed by atoms with Gasteiger partial charge in [-0.3, -0.25) is 9.59 Å². The highest BCUT2D eigenvalue weighted by Gasteiger charge is 2.13. The van der Waals surface area contributed by atoms with E-state index in [0.717, 1.165) is 5.56 Å². The number of nitrogens with one attached hydrogen (secondary N) is 2. The second-order valence-corrected chi connectivity index (χ2v) is 5.78. The zero-order chi connectivity index (χ0) is 19.1. The first-order valence-electron chi connectivity index (χ1n) is 8.43. The van der Waals surface area contributed by atoms with Crippen LogP contribution in [-0.2, 0) is 0 Å². The average molecular weight is 365 g/mol. The van der Waals surface area contributed by atoms with Crippen molar-refractivity contribution < 1.29 is 14.1 Å². The number of hydrogen-bond acceptors (Lipinski definition) is 6. The number of nitrogens with zero attached hydrogens (tertiary/aromatic N) is 2. The molecule has 2 aromatic heterocycles. The maximum Gasteiger partial charge on any atom is 0.273 e. The highest BCUT2D eigenvalue weighted by atomic mass is 16.5. The molecule has 3 rings (SSSR count). The molecule has 8 nitrogen and oxygen atoms in total. The first-order chi connectivity index (χ1) is 13.1. The molecule has 0 unspecified atom stereocenters. The first-order valence-corrected chi connectivity index (χ1v) is 8.43. The van der Waals surface area contributed by atoms with Crippen LogP contribution in [0.3, 0.4) is 0 Å². The number of rotatable bonds is 7. The molecule has 0 saturated heterocycles. The summed E-state index contributed by atoms with van der Waals surface area (Å²) < 4.78 is 5.21. The van der Waals surface area contributed by atoms with Crippen molar-refractivity contribution in [1.29, 1.82) is 0 Å². The highest BCUT2D eigenvalue weighted by molar-refractivity contribution is 5.94. The predicted molar refractivity (Wildman–Crippen MR) is 99.9 cm³/mol.